The average molecular weight is 275 g/mol. The number of halogens is 2. The van der Waals surface area contributed by atoms with Crippen molar-refractivity contribution in [3.05, 3.63) is 23.0 Å². The summed E-state index contributed by atoms with van der Waals surface area (Å²) in [5.41, 5.74) is 6.52. The van der Waals surface area contributed by atoms with Gasteiger partial charge >= 0.3 is 0 Å². The van der Waals surface area contributed by atoms with Crippen LogP contribution < -0.4 is 11.1 Å². The number of hydrogen-bond donors (Lipinski definition) is 3. The minimum atomic E-state index is -0.546. The summed E-state index contributed by atoms with van der Waals surface area (Å²) in [6, 6.07) is 2.59. The highest BCUT2D eigenvalue weighted by Gasteiger charge is 2.17. The van der Waals surface area contributed by atoms with E-state index in [1.54, 1.807) is 0 Å². The molecule has 1 aromatic rings. The van der Waals surface area contributed by atoms with Crippen LogP contribution in [0.25, 0.3) is 0 Å². The first-order valence-corrected chi connectivity index (χ1v) is 6.23. The fourth-order valence-electron chi connectivity index (χ4n) is 1.72. The van der Waals surface area contributed by atoms with Crippen LogP contribution in [0.4, 0.5) is 15.8 Å². The first-order chi connectivity index (χ1) is 8.19. The van der Waals surface area contributed by atoms with Crippen molar-refractivity contribution in [1.29, 1.82) is 0 Å². The van der Waals surface area contributed by atoms with E-state index in [-0.39, 0.29) is 16.1 Å². The van der Waals surface area contributed by atoms with Gasteiger partial charge in [-0.3, -0.25) is 0 Å². The summed E-state index contributed by atoms with van der Waals surface area (Å²) in [5, 5.41) is 12.8. The summed E-state index contributed by atoms with van der Waals surface area (Å²) in [5.74, 6) is -0.546. The molecule has 1 unspecified atom stereocenters. The Morgan fingerprint density at radius 3 is 2.61 bits per heavy atom. The highest BCUT2D eigenvalue weighted by Crippen LogP contribution is 2.27. The van der Waals surface area contributed by atoms with Gasteiger partial charge in [0.1, 0.15) is 5.82 Å². The number of hydrogen-bond acceptors (Lipinski definition) is 3. The monoisotopic (exact) mass is 274 g/mol. The van der Waals surface area contributed by atoms with Crippen molar-refractivity contribution in [2.75, 3.05) is 17.6 Å². The molecule has 0 aliphatic carbocycles. The van der Waals surface area contributed by atoms with Crippen LogP contribution in [0.2, 0.25) is 5.02 Å². The molecule has 3 nitrogen and oxygen atoms in total. The molecule has 0 aromatic heterocycles. The maximum Gasteiger partial charge on any atom is 0.143 e. The molecular formula is C13H20ClFN2O. The lowest BCUT2D eigenvalue weighted by Gasteiger charge is -2.23. The van der Waals surface area contributed by atoms with Crippen molar-refractivity contribution in [1.82, 2.24) is 0 Å². The Labute approximate surface area is 112 Å². The molecule has 0 amide bonds. The highest BCUT2D eigenvalue weighted by atomic mass is 35.5. The smallest absolute Gasteiger partial charge is 0.143 e. The first kappa shape index (κ1) is 15.1. The van der Waals surface area contributed by atoms with E-state index in [1.807, 2.05) is 0 Å². The van der Waals surface area contributed by atoms with E-state index in [0.717, 1.165) is 0 Å². The first-order valence-electron chi connectivity index (χ1n) is 5.85. The van der Waals surface area contributed by atoms with Crippen LogP contribution in [-0.2, 0) is 0 Å². The largest absolute Gasteiger partial charge is 0.397 e. The van der Waals surface area contributed by atoms with E-state index < -0.39 is 11.9 Å². The SMILES string of the molecule is CC(C)(C)CC(O)CNc1cc(Cl)c(F)cc1N. The third-order valence-corrected chi connectivity index (χ3v) is 2.76. The number of nitrogen functional groups attached to an aromatic ring is 1. The molecule has 0 saturated heterocycles. The molecule has 102 valence electrons. The standard InChI is InChI=1S/C13H20ClFN2O/c1-13(2,3)6-8(18)7-17-12-4-9(14)10(15)5-11(12)16/h4-5,8,17-18H,6-7,16H2,1-3H3. The lowest BCUT2D eigenvalue weighted by Crippen LogP contribution is -2.25. The van der Waals surface area contributed by atoms with Crippen molar-refractivity contribution in [3.8, 4) is 0 Å². The van der Waals surface area contributed by atoms with Gasteiger partial charge in [-0.2, -0.15) is 0 Å². The van der Waals surface area contributed by atoms with Gasteiger partial charge in [0.25, 0.3) is 0 Å². The number of nitrogens with one attached hydrogen (secondary N) is 1. The van der Waals surface area contributed by atoms with Gasteiger partial charge in [-0.15, -0.1) is 0 Å². The lowest BCUT2D eigenvalue weighted by molar-refractivity contribution is 0.132. The van der Waals surface area contributed by atoms with Crippen molar-refractivity contribution in [2.45, 2.75) is 33.3 Å². The summed E-state index contributed by atoms with van der Waals surface area (Å²) < 4.78 is 13.1. The van der Waals surface area contributed by atoms with Gasteiger partial charge in [0, 0.05) is 12.6 Å². The van der Waals surface area contributed by atoms with Gasteiger partial charge in [0.2, 0.25) is 0 Å². The van der Waals surface area contributed by atoms with E-state index in [2.05, 4.69) is 26.1 Å². The fourth-order valence-corrected chi connectivity index (χ4v) is 1.89. The predicted octanol–water partition coefficient (Wildman–Crippen LogP) is 3.27. The number of aliphatic hydroxyl groups excluding tert-OH is 1. The summed E-state index contributed by atoms with van der Waals surface area (Å²) in [6.07, 6.45) is 0.169. The van der Waals surface area contributed by atoms with Crippen LogP contribution in [-0.4, -0.2) is 17.8 Å². The molecule has 0 fully saturated rings. The Kier molecular flexibility index (Phi) is 4.82. The average Bonchev–Trinajstić information content (AvgIpc) is 2.19. The highest BCUT2D eigenvalue weighted by molar-refractivity contribution is 6.31. The van der Waals surface area contributed by atoms with Gasteiger partial charge in [-0.1, -0.05) is 32.4 Å². The van der Waals surface area contributed by atoms with Crippen LogP contribution in [0.1, 0.15) is 27.2 Å². The third kappa shape index (κ3) is 4.70. The maximum atomic E-state index is 13.1. The second kappa shape index (κ2) is 5.76. The van der Waals surface area contributed by atoms with Gasteiger partial charge in [-0.05, 0) is 17.9 Å². The second-order valence-corrected chi connectivity index (χ2v) is 6.06. The summed E-state index contributed by atoms with van der Waals surface area (Å²) in [4.78, 5) is 0. The molecule has 0 heterocycles. The molecule has 5 heteroatoms. The molecule has 4 N–H and O–H groups in total. The van der Waals surface area contributed by atoms with E-state index in [9.17, 15) is 9.50 Å². The van der Waals surface area contributed by atoms with E-state index in [4.69, 9.17) is 17.3 Å². The number of aliphatic hydroxyl groups is 1. The number of anilines is 2. The molecule has 18 heavy (non-hydrogen) atoms. The van der Waals surface area contributed by atoms with Crippen molar-refractivity contribution >= 4 is 23.0 Å². The molecule has 0 radical (unpaired) electrons. The van der Waals surface area contributed by atoms with Crippen LogP contribution in [0.5, 0.6) is 0 Å². The number of nitrogens with two attached hydrogens (primary N) is 1. The molecule has 0 saturated carbocycles. The lowest BCUT2D eigenvalue weighted by atomic mass is 9.89. The van der Waals surface area contributed by atoms with Crippen LogP contribution in [0.3, 0.4) is 0 Å². The minimum absolute atomic E-state index is 0.0111. The quantitative estimate of drug-likeness (QED) is 0.739. The molecule has 1 rings (SSSR count). The van der Waals surface area contributed by atoms with Crippen molar-refractivity contribution in [2.24, 2.45) is 5.41 Å². The molecule has 1 aromatic carbocycles. The van der Waals surface area contributed by atoms with E-state index in [0.29, 0.717) is 18.7 Å². The van der Waals surface area contributed by atoms with Crippen LogP contribution >= 0.6 is 11.6 Å². The summed E-state index contributed by atoms with van der Waals surface area (Å²) in [7, 11) is 0. The van der Waals surface area contributed by atoms with E-state index in [1.165, 1.54) is 12.1 Å². The van der Waals surface area contributed by atoms with Crippen molar-refractivity contribution in [3.63, 3.8) is 0 Å². The van der Waals surface area contributed by atoms with Gasteiger partial charge in [-0.25, -0.2) is 4.39 Å². The summed E-state index contributed by atoms with van der Waals surface area (Å²) >= 11 is 5.67. The zero-order chi connectivity index (χ0) is 13.9. The zero-order valence-electron chi connectivity index (χ0n) is 10.9. The zero-order valence-corrected chi connectivity index (χ0v) is 11.7. The van der Waals surface area contributed by atoms with Crippen LogP contribution in [0, 0.1) is 11.2 Å². The molecule has 0 aliphatic heterocycles. The molecule has 0 aliphatic rings. The van der Waals surface area contributed by atoms with Gasteiger partial charge in [0.15, 0.2) is 0 Å². The Bertz CT molecular complexity index is 418. The van der Waals surface area contributed by atoms with Gasteiger partial charge < -0.3 is 16.2 Å². The van der Waals surface area contributed by atoms with Gasteiger partial charge in [0.05, 0.1) is 22.5 Å². The Hall–Kier alpha value is -1.00. The number of benzene rings is 1. The van der Waals surface area contributed by atoms with E-state index >= 15 is 0 Å². The van der Waals surface area contributed by atoms with Crippen molar-refractivity contribution < 1.29 is 9.50 Å². The Balaban J connectivity index is 2.61. The minimum Gasteiger partial charge on any atom is -0.397 e. The Morgan fingerprint density at radius 1 is 1.44 bits per heavy atom. The normalized spacial score (nSPS) is 13.4. The fraction of sp³-hybridized carbons (Fsp3) is 0.538. The molecular weight excluding hydrogens is 255 g/mol. The third-order valence-electron chi connectivity index (χ3n) is 2.47. The molecule has 0 spiro atoms. The maximum absolute atomic E-state index is 13.1. The topological polar surface area (TPSA) is 58.3 Å². The molecule has 1 atom stereocenters. The van der Waals surface area contributed by atoms with Crippen LogP contribution in [0.15, 0.2) is 12.1 Å². The number of rotatable bonds is 4. The predicted molar refractivity (Wildman–Crippen MR) is 74.4 cm³/mol. The summed E-state index contributed by atoms with van der Waals surface area (Å²) in [6.45, 7) is 6.52. The second-order valence-electron chi connectivity index (χ2n) is 5.65. The molecule has 0 bridgehead atoms. The Morgan fingerprint density at radius 2 is 2.06 bits per heavy atom.